The minimum Gasteiger partial charge on any atom is -0.255 e. The molecule has 0 N–H and O–H groups in total. The number of alkyl halides is 1. The van der Waals surface area contributed by atoms with E-state index < -0.39 is 0 Å². The molecule has 0 bridgehead atoms. The van der Waals surface area contributed by atoms with E-state index in [0.717, 1.165) is 11.4 Å². The summed E-state index contributed by atoms with van der Waals surface area (Å²) in [5.41, 5.74) is 1.79. The number of halogens is 1. The summed E-state index contributed by atoms with van der Waals surface area (Å²) in [6, 6.07) is 0. The number of hydrogen-bond donors (Lipinski definition) is 0. The molecular formula is C8H11BrN6. The Hall–Kier alpha value is -1.24. The molecule has 0 aliphatic heterocycles. The van der Waals surface area contributed by atoms with Crippen molar-refractivity contribution in [1.29, 1.82) is 0 Å². The molecule has 0 aliphatic rings. The molecule has 0 spiro atoms. The molecule has 15 heavy (non-hydrogen) atoms. The lowest BCUT2D eigenvalue weighted by atomic mass is 10.4. The Kier molecular flexibility index (Phi) is 2.81. The molecule has 2 rings (SSSR count). The number of hydrogen-bond acceptors (Lipinski definition) is 4. The summed E-state index contributed by atoms with van der Waals surface area (Å²) >= 11 is 3.44. The molecule has 0 amide bonds. The molecule has 6 nitrogen and oxygen atoms in total. The van der Waals surface area contributed by atoms with E-state index >= 15 is 0 Å². The van der Waals surface area contributed by atoms with Crippen LogP contribution < -0.4 is 0 Å². The van der Waals surface area contributed by atoms with Gasteiger partial charge in [0.05, 0.1) is 23.3 Å². The summed E-state index contributed by atoms with van der Waals surface area (Å²) in [6.07, 6.45) is 3.76. The van der Waals surface area contributed by atoms with Gasteiger partial charge in [-0.2, -0.15) is 0 Å². The standard InChI is InChI=1S/C8H11BrN6/c1-6(9)8-5-15(13-11-8)4-7-3-14(2)12-10-7/h3,5-6H,4H2,1-2H3. The maximum absolute atomic E-state index is 4.03. The van der Waals surface area contributed by atoms with Gasteiger partial charge >= 0.3 is 0 Å². The van der Waals surface area contributed by atoms with Gasteiger partial charge in [0, 0.05) is 13.2 Å². The van der Waals surface area contributed by atoms with Crippen LogP contribution in [-0.4, -0.2) is 30.0 Å². The van der Waals surface area contributed by atoms with E-state index in [0.29, 0.717) is 6.54 Å². The summed E-state index contributed by atoms with van der Waals surface area (Å²) in [5, 5.41) is 15.9. The van der Waals surface area contributed by atoms with Crippen LogP contribution in [0, 0.1) is 0 Å². The lowest BCUT2D eigenvalue weighted by Gasteiger charge is -1.94. The fourth-order valence-electron chi connectivity index (χ4n) is 1.21. The molecule has 0 saturated carbocycles. The maximum atomic E-state index is 4.03. The van der Waals surface area contributed by atoms with E-state index in [1.54, 1.807) is 9.36 Å². The average molecular weight is 271 g/mol. The molecule has 2 aromatic rings. The molecule has 0 aromatic carbocycles. The molecule has 0 aliphatic carbocycles. The van der Waals surface area contributed by atoms with Crippen LogP contribution >= 0.6 is 15.9 Å². The number of nitrogens with zero attached hydrogens (tertiary/aromatic N) is 6. The lowest BCUT2D eigenvalue weighted by molar-refractivity contribution is 0.636. The number of aryl methyl sites for hydroxylation is 1. The van der Waals surface area contributed by atoms with Crippen molar-refractivity contribution in [3.63, 3.8) is 0 Å². The number of aromatic nitrogens is 6. The normalized spacial score (nSPS) is 13.0. The second-order valence-corrected chi connectivity index (χ2v) is 4.71. The van der Waals surface area contributed by atoms with Crippen molar-refractivity contribution in [3.8, 4) is 0 Å². The van der Waals surface area contributed by atoms with Gasteiger partial charge < -0.3 is 0 Å². The van der Waals surface area contributed by atoms with Gasteiger partial charge in [-0.15, -0.1) is 10.2 Å². The summed E-state index contributed by atoms with van der Waals surface area (Å²) in [6.45, 7) is 2.61. The maximum Gasteiger partial charge on any atom is 0.104 e. The quantitative estimate of drug-likeness (QED) is 0.778. The van der Waals surface area contributed by atoms with Crippen LogP contribution in [0.4, 0.5) is 0 Å². The van der Waals surface area contributed by atoms with Gasteiger partial charge in [0.1, 0.15) is 5.69 Å². The monoisotopic (exact) mass is 270 g/mol. The van der Waals surface area contributed by atoms with Crippen molar-refractivity contribution in [3.05, 3.63) is 23.8 Å². The Morgan fingerprint density at radius 2 is 2.13 bits per heavy atom. The molecular weight excluding hydrogens is 260 g/mol. The van der Waals surface area contributed by atoms with Crippen molar-refractivity contribution >= 4 is 15.9 Å². The second-order valence-electron chi connectivity index (χ2n) is 3.34. The smallest absolute Gasteiger partial charge is 0.104 e. The molecule has 80 valence electrons. The van der Waals surface area contributed by atoms with Gasteiger partial charge in [-0.3, -0.25) is 4.68 Å². The number of rotatable bonds is 3. The molecule has 1 atom stereocenters. The van der Waals surface area contributed by atoms with E-state index in [4.69, 9.17) is 0 Å². The van der Waals surface area contributed by atoms with Crippen molar-refractivity contribution < 1.29 is 0 Å². The van der Waals surface area contributed by atoms with Gasteiger partial charge in [-0.05, 0) is 6.92 Å². The largest absolute Gasteiger partial charge is 0.255 e. The Morgan fingerprint density at radius 3 is 2.67 bits per heavy atom. The Balaban J connectivity index is 2.11. The first-order chi connectivity index (χ1) is 7.15. The van der Waals surface area contributed by atoms with E-state index in [1.807, 2.05) is 26.4 Å². The van der Waals surface area contributed by atoms with Gasteiger partial charge in [0.25, 0.3) is 0 Å². The Bertz CT molecular complexity index is 445. The highest BCUT2D eigenvalue weighted by molar-refractivity contribution is 9.09. The molecule has 7 heteroatoms. The van der Waals surface area contributed by atoms with Crippen LogP contribution in [0.5, 0.6) is 0 Å². The van der Waals surface area contributed by atoms with Crippen LogP contribution in [0.1, 0.15) is 23.1 Å². The molecule has 1 unspecified atom stereocenters. The predicted octanol–water partition coefficient (Wildman–Crippen LogP) is 0.911. The third-order valence-electron chi connectivity index (χ3n) is 1.94. The summed E-state index contributed by atoms with van der Waals surface area (Å²) < 4.78 is 3.41. The molecule has 0 fully saturated rings. The lowest BCUT2D eigenvalue weighted by Crippen LogP contribution is -2.00. The van der Waals surface area contributed by atoms with Crippen LogP contribution in [-0.2, 0) is 13.6 Å². The average Bonchev–Trinajstić information content (AvgIpc) is 2.76. The SMILES string of the molecule is CC(Br)c1cn(Cc2cn(C)nn2)nn1. The Morgan fingerprint density at radius 1 is 1.33 bits per heavy atom. The molecule has 2 heterocycles. The fraction of sp³-hybridized carbons (Fsp3) is 0.500. The highest BCUT2D eigenvalue weighted by Gasteiger charge is 2.07. The van der Waals surface area contributed by atoms with Crippen molar-refractivity contribution in [2.45, 2.75) is 18.3 Å². The molecule has 0 saturated heterocycles. The zero-order valence-electron chi connectivity index (χ0n) is 8.50. The van der Waals surface area contributed by atoms with Gasteiger partial charge in [-0.25, -0.2) is 4.68 Å². The zero-order valence-corrected chi connectivity index (χ0v) is 10.1. The van der Waals surface area contributed by atoms with E-state index in [-0.39, 0.29) is 4.83 Å². The minimum absolute atomic E-state index is 0.216. The summed E-state index contributed by atoms with van der Waals surface area (Å²) in [4.78, 5) is 0.216. The first kappa shape index (κ1) is 10.3. The van der Waals surface area contributed by atoms with Gasteiger partial charge in [-0.1, -0.05) is 26.4 Å². The third kappa shape index (κ3) is 2.41. The van der Waals surface area contributed by atoms with Crippen LogP contribution in [0.15, 0.2) is 12.4 Å². The topological polar surface area (TPSA) is 61.4 Å². The van der Waals surface area contributed by atoms with Crippen LogP contribution in [0.25, 0.3) is 0 Å². The highest BCUT2D eigenvalue weighted by atomic mass is 79.9. The molecule has 2 aromatic heterocycles. The van der Waals surface area contributed by atoms with Crippen molar-refractivity contribution in [2.75, 3.05) is 0 Å². The van der Waals surface area contributed by atoms with Crippen molar-refractivity contribution in [2.24, 2.45) is 7.05 Å². The van der Waals surface area contributed by atoms with E-state index in [2.05, 4.69) is 36.6 Å². The van der Waals surface area contributed by atoms with Gasteiger partial charge in [0.2, 0.25) is 0 Å². The molecule has 0 radical (unpaired) electrons. The first-order valence-corrected chi connectivity index (χ1v) is 5.46. The third-order valence-corrected chi connectivity index (χ3v) is 2.41. The summed E-state index contributed by atoms with van der Waals surface area (Å²) in [7, 11) is 1.84. The van der Waals surface area contributed by atoms with Crippen LogP contribution in [0.2, 0.25) is 0 Å². The highest BCUT2D eigenvalue weighted by Crippen LogP contribution is 2.18. The van der Waals surface area contributed by atoms with Crippen LogP contribution in [0.3, 0.4) is 0 Å². The van der Waals surface area contributed by atoms with Gasteiger partial charge in [0.15, 0.2) is 0 Å². The Labute approximate surface area is 95.4 Å². The minimum atomic E-state index is 0.216. The van der Waals surface area contributed by atoms with E-state index in [1.165, 1.54) is 0 Å². The fourth-order valence-corrected chi connectivity index (χ4v) is 1.42. The summed E-state index contributed by atoms with van der Waals surface area (Å²) in [5.74, 6) is 0. The first-order valence-electron chi connectivity index (χ1n) is 4.54. The zero-order chi connectivity index (χ0) is 10.8. The van der Waals surface area contributed by atoms with Crippen molar-refractivity contribution in [1.82, 2.24) is 30.0 Å². The predicted molar refractivity (Wildman–Crippen MR) is 57.5 cm³/mol. The second kappa shape index (κ2) is 4.09. The van der Waals surface area contributed by atoms with E-state index in [9.17, 15) is 0 Å².